The Morgan fingerprint density at radius 1 is 1.43 bits per heavy atom. The zero-order chi connectivity index (χ0) is 15.5. The summed E-state index contributed by atoms with van der Waals surface area (Å²) in [4.78, 5) is 15.5. The van der Waals surface area contributed by atoms with Crippen LogP contribution in [0.2, 0.25) is 0 Å². The third-order valence-electron chi connectivity index (χ3n) is 4.10. The van der Waals surface area contributed by atoms with Gasteiger partial charge >= 0.3 is 5.97 Å². The quantitative estimate of drug-likeness (QED) is 0.857. The molecule has 1 N–H and O–H groups in total. The highest BCUT2D eigenvalue weighted by atomic mass is 16.5. The predicted molar refractivity (Wildman–Crippen MR) is 72.9 cm³/mol. The second kappa shape index (κ2) is 6.53. The number of carbonyl (C=O) groups is 1. The van der Waals surface area contributed by atoms with Crippen molar-refractivity contribution in [2.24, 2.45) is 5.92 Å². The van der Waals surface area contributed by atoms with Gasteiger partial charge in [-0.1, -0.05) is 19.0 Å². The third kappa shape index (κ3) is 3.24. The highest BCUT2D eigenvalue weighted by molar-refractivity contribution is 5.70. The van der Waals surface area contributed by atoms with E-state index in [2.05, 4.69) is 10.1 Å². The number of ether oxygens (including phenoxy) is 2. The van der Waals surface area contributed by atoms with Crippen LogP contribution in [0.15, 0.2) is 4.52 Å². The molecule has 2 heterocycles. The Balaban J connectivity index is 2.22. The van der Waals surface area contributed by atoms with Crippen molar-refractivity contribution in [2.75, 3.05) is 19.8 Å². The van der Waals surface area contributed by atoms with Crippen molar-refractivity contribution in [3.63, 3.8) is 0 Å². The van der Waals surface area contributed by atoms with Crippen molar-refractivity contribution < 1.29 is 23.9 Å². The molecular weight excluding hydrogens is 276 g/mol. The maximum absolute atomic E-state index is 11.1. The Morgan fingerprint density at radius 3 is 2.67 bits per heavy atom. The Morgan fingerprint density at radius 2 is 2.10 bits per heavy atom. The molecule has 7 nitrogen and oxygen atoms in total. The zero-order valence-electron chi connectivity index (χ0n) is 12.7. The van der Waals surface area contributed by atoms with Gasteiger partial charge in [0.25, 0.3) is 0 Å². The maximum Gasteiger partial charge on any atom is 0.307 e. The SMILES string of the molecule is CCOC1(c2noc(C(C)C(C)C(=O)O)n2)CCOCC1. The van der Waals surface area contributed by atoms with Gasteiger partial charge in [-0.25, -0.2) is 0 Å². The summed E-state index contributed by atoms with van der Waals surface area (Å²) in [5.41, 5.74) is -0.582. The maximum atomic E-state index is 11.1. The lowest BCUT2D eigenvalue weighted by Crippen LogP contribution is -2.37. The number of aliphatic carboxylic acids is 1. The fourth-order valence-corrected chi connectivity index (χ4v) is 2.44. The second-order valence-electron chi connectivity index (χ2n) is 5.41. The van der Waals surface area contributed by atoms with Gasteiger partial charge in [0.15, 0.2) is 0 Å². The molecule has 0 amide bonds. The van der Waals surface area contributed by atoms with Crippen LogP contribution in [0.1, 0.15) is 51.2 Å². The van der Waals surface area contributed by atoms with E-state index in [1.165, 1.54) is 0 Å². The minimum atomic E-state index is -0.882. The van der Waals surface area contributed by atoms with E-state index in [0.29, 0.717) is 44.4 Å². The van der Waals surface area contributed by atoms with Crippen molar-refractivity contribution in [1.29, 1.82) is 0 Å². The normalized spacial score (nSPS) is 20.9. The van der Waals surface area contributed by atoms with E-state index in [0.717, 1.165) is 0 Å². The first-order valence-corrected chi connectivity index (χ1v) is 7.28. The number of hydrogen-bond donors (Lipinski definition) is 1. The van der Waals surface area contributed by atoms with E-state index in [-0.39, 0.29) is 5.92 Å². The molecule has 0 aromatic carbocycles. The summed E-state index contributed by atoms with van der Waals surface area (Å²) in [5.74, 6) is -0.983. The Kier molecular flexibility index (Phi) is 4.95. The molecule has 7 heteroatoms. The average molecular weight is 298 g/mol. The monoisotopic (exact) mass is 298 g/mol. The molecule has 1 saturated heterocycles. The van der Waals surface area contributed by atoms with Gasteiger partial charge in [-0.05, 0) is 6.92 Å². The fraction of sp³-hybridized carbons (Fsp3) is 0.786. The van der Waals surface area contributed by atoms with Crippen LogP contribution < -0.4 is 0 Å². The van der Waals surface area contributed by atoms with Crippen LogP contribution in [0, 0.1) is 5.92 Å². The van der Waals surface area contributed by atoms with Crippen LogP contribution >= 0.6 is 0 Å². The zero-order valence-corrected chi connectivity index (χ0v) is 12.7. The van der Waals surface area contributed by atoms with Crippen LogP contribution in [-0.2, 0) is 19.9 Å². The van der Waals surface area contributed by atoms with Crippen molar-refractivity contribution in [3.05, 3.63) is 11.7 Å². The molecule has 0 aliphatic carbocycles. The van der Waals surface area contributed by atoms with Crippen molar-refractivity contribution in [3.8, 4) is 0 Å². The summed E-state index contributed by atoms with van der Waals surface area (Å²) in [7, 11) is 0. The molecule has 1 aromatic rings. The van der Waals surface area contributed by atoms with Crippen molar-refractivity contribution in [1.82, 2.24) is 10.1 Å². The van der Waals surface area contributed by atoms with Crippen LogP contribution in [0.3, 0.4) is 0 Å². The Hall–Kier alpha value is -1.47. The van der Waals surface area contributed by atoms with Gasteiger partial charge in [0, 0.05) is 38.6 Å². The molecule has 2 unspecified atom stereocenters. The summed E-state index contributed by atoms with van der Waals surface area (Å²) >= 11 is 0. The summed E-state index contributed by atoms with van der Waals surface area (Å²) in [6.45, 7) is 7.05. The van der Waals surface area contributed by atoms with Crippen LogP contribution in [0.4, 0.5) is 0 Å². The van der Waals surface area contributed by atoms with Gasteiger partial charge < -0.3 is 19.1 Å². The van der Waals surface area contributed by atoms with Crippen LogP contribution in [0.25, 0.3) is 0 Å². The number of hydrogen-bond acceptors (Lipinski definition) is 6. The molecule has 2 rings (SSSR count). The second-order valence-corrected chi connectivity index (χ2v) is 5.41. The minimum Gasteiger partial charge on any atom is -0.481 e. The number of carboxylic acids is 1. The summed E-state index contributed by atoms with van der Waals surface area (Å²) in [6.07, 6.45) is 1.34. The van der Waals surface area contributed by atoms with Crippen LogP contribution in [-0.4, -0.2) is 41.0 Å². The van der Waals surface area contributed by atoms with Gasteiger partial charge in [0.1, 0.15) is 5.60 Å². The van der Waals surface area contributed by atoms with E-state index < -0.39 is 17.5 Å². The molecule has 118 valence electrons. The molecule has 0 radical (unpaired) electrons. The smallest absolute Gasteiger partial charge is 0.307 e. The summed E-state index contributed by atoms with van der Waals surface area (Å²) in [5, 5.41) is 13.1. The summed E-state index contributed by atoms with van der Waals surface area (Å²) in [6, 6.07) is 0. The molecule has 0 spiro atoms. The molecule has 1 aliphatic heterocycles. The molecule has 1 aliphatic rings. The summed E-state index contributed by atoms with van der Waals surface area (Å²) < 4.78 is 16.5. The standard InChI is InChI=1S/C14H22N2O5/c1-4-20-14(5-7-19-8-6-14)13-15-11(21-16-13)9(2)10(3)12(17)18/h9-10H,4-8H2,1-3H3,(H,17,18). The van der Waals surface area contributed by atoms with E-state index in [9.17, 15) is 4.79 Å². The molecular formula is C14H22N2O5. The number of rotatable bonds is 6. The van der Waals surface area contributed by atoms with Gasteiger partial charge in [-0.3, -0.25) is 4.79 Å². The average Bonchev–Trinajstić information content (AvgIpc) is 2.97. The molecule has 1 aromatic heterocycles. The Labute approximate surface area is 123 Å². The van der Waals surface area contributed by atoms with E-state index in [1.807, 2.05) is 6.92 Å². The largest absolute Gasteiger partial charge is 0.481 e. The van der Waals surface area contributed by atoms with Gasteiger partial charge in [0.05, 0.1) is 5.92 Å². The highest BCUT2D eigenvalue weighted by Gasteiger charge is 2.40. The number of carboxylic acid groups (broad SMARTS) is 1. The van der Waals surface area contributed by atoms with E-state index in [1.54, 1.807) is 13.8 Å². The first-order chi connectivity index (χ1) is 10.00. The fourth-order valence-electron chi connectivity index (χ4n) is 2.44. The highest BCUT2D eigenvalue weighted by Crippen LogP contribution is 2.35. The first-order valence-electron chi connectivity index (χ1n) is 7.28. The Bertz CT molecular complexity index is 476. The predicted octanol–water partition coefficient (Wildman–Crippen LogP) is 1.94. The van der Waals surface area contributed by atoms with E-state index in [4.69, 9.17) is 19.1 Å². The van der Waals surface area contributed by atoms with Gasteiger partial charge in [-0.2, -0.15) is 4.98 Å². The van der Waals surface area contributed by atoms with Gasteiger partial charge in [-0.15, -0.1) is 0 Å². The molecule has 0 saturated carbocycles. The topological polar surface area (TPSA) is 94.7 Å². The third-order valence-corrected chi connectivity index (χ3v) is 4.10. The van der Waals surface area contributed by atoms with Crippen LogP contribution in [0.5, 0.6) is 0 Å². The van der Waals surface area contributed by atoms with E-state index >= 15 is 0 Å². The molecule has 2 atom stereocenters. The molecule has 21 heavy (non-hydrogen) atoms. The lowest BCUT2D eigenvalue weighted by atomic mass is 9.92. The lowest BCUT2D eigenvalue weighted by molar-refractivity contribution is -0.141. The number of nitrogens with zero attached hydrogens (tertiary/aromatic N) is 2. The van der Waals surface area contributed by atoms with Crippen molar-refractivity contribution in [2.45, 2.75) is 45.1 Å². The first kappa shape index (κ1) is 15.9. The lowest BCUT2D eigenvalue weighted by Gasteiger charge is -2.33. The molecule has 0 bridgehead atoms. The van der Waals surface area contributed by atoms with Gasteiger partial charge in [0.2, 0.25) is 11.7 Å². The number of aromatic nitrogens is 2. The minimum absolute atomic E-state index is 0.338. The van der Waals surface area contributed by atoms with Crippen molar-refractivity contribution >= 4 is 5.97 Å². The molecule has 1 fully saturated rings.